The third-order valence-electron chi connectivity index (χ3n) is 16.5. The highest BCUT2D eigenvalue weighted by atomic mass is 16.8. The summed E-state index contributed by atoms with van der Waals surface area (Å²) in [5, 5.41) is 100. The van der Waals surface area contributed by atoms with Crippen LogP contribution in [-0.4, -0.2) is 138 Å². The molecule has 2 heterocycles. The molecule has 55 heavy (non-hydrogen) atoms. The van der Waals surface area contributed by atoms with Crippen molar-refractivity contribution in [2.45, 2.75) is 199 Å². The molecule has 0 aromatic rings. The number of aliphatic hydroxyl groups is 9. The van der Waals surface area contributed by atoms with Gasteiger partial charge >= 0.3 is 0 Å². The third-order valence-corrected chi connectivity index (χ3v) is 16.5. The summed E-state index contributed by atoms with van der Waals surface area (Å²) in [7, 11) is 0. The lowest BCUT2D eigenvalue weighted by Gasteiger charge is -2.72. The van der Waals surface area contributed by atoms with E-state index in [1.54, 1.807) is 0 Å². The third kappa shape index (κ3) is 7.10. The van der Waals surface area contributed by atoms with E-state index in [0.29, 0.717) is 32.1 Å². The Bertz CT molecular complexity index is 1390. The lowest BCUT2D eigenvalue weighted by Crippen LogP contribution is -2.71. The standard InChI is InChI=1S/C42H72O13/c1-20(2)11-10-14-42(9,51)22-12-16-40(7)28(22)23(44)17-26-39(6)15-13-27(45)38(4,5)35(39)24(18-41(26,40)8)53-37-34(32(49)30(47)25(19-43)54-37)55-36-33(50)31(48)29(46)21(3)52-36/h11,21-37,43-51H,10,12-19H2,1-9H3/t21?,22-,23+,24-,25?,26+,27-,28-,29?,30?,31?,32?,33?,34?,35-,36?,37?,39+,40+,41+,42-/m0/s1. The van der Waals surface area contributed by atoms with E-state index in [1.807, 2.05) is 20.8 Å². The average Bonchev–Trinajstić information content (AvgIpc) is 3.49. The van der Waals surface area contributed by atoms with Crippen molar-refractivity contribution in [3.05, 3.63) is 11.6 Å². The second kappa shape index (κ2) is 15.4. The van der Waals surface area contributed by atoms with E-state index in [1.165, 1.54) is 12.5 Å². The molecule has 318 valence electrons. The molecule has 0 bridgehead atoms. The molecule has 6 aliphatic rings. The van der Waals surface area contributed by atoms with Gasteiger partial charge in [-0.15, -0.1) is 0 Å². The first-order chi connectivity index (χ1) is 25.5. The van der Waals surface area contributed by atoms with Crippen LogP contribution in [0.2, 0.25) is 0 Å². The minimum Gasteiger partial charge on any atom is -0.394 e. The second-order valence-corrected chi connectivity index (χ2v) is 20.3. The van der Waals surface area contributed by atoms with E-state index in [2.05, 4.69) is 40.7 Å². The van der Waals surface area contributed by atoms with Crippen molar-refractivity contribution in [1.82, 2.24) is 0 Å². The van der Waals surface area contributed by atoms with Crippen LogP contribution in [0, 0.1) is 45.3 Å². The van der Waals surface area contributed by atoms with E-state index in [4.69, 9.17) is 18.9 Å². The number of rotatable bonds is 9. The van der Waals surface area contributed by atoms with Gasteiger partial charge in [-0.2, -0.15) is 0 Å². The highest BCUT2D eigenvalue weighted by Crippen LogP contribution is 2.76. The van der Waals surface area contributed by atoms with Gasteiger partial charge in [-0.1, -0.05) is 46.3 Å². The molecule has 0 radical (unpaired) electrons. The zero-order valence-corrected chi connectivity index (χ0v) is 34.4. The number of fused-ring (bicyclic) bond motifs is 5. The van der Waals surface area contributed by atoms with Gasteiger partial charge in [0, 0.05) is 0 Å². The van der Waals surface area contributed by atoms with E-state index in [-0.39, 0.29) is 23.7 Å². The number of hydrogen-bond donors (Lipinski definition) is 9. The van der Waals surface area contributed by atoms with Gasteiger partial charge < -0.3 is 64.9 Å². The van der Waals surface area contributed by atoms with Gasteiger partial charge in [0.15, 0.2) is 12.6 Å². The molecule has 10 unspecified atom stereocenters. The molecule has 6 rings (SSSR count). The maximum Gasteiger partial charge on any atom is 0.187 e. The average molecular weight is 785 g/mol. The van der Waals surface area contributed by atoms with E-state index in [0.717, 1.165) is 19.3 Å². The van der Waals surface area contributed by atoms with Gasteiger partial charge in [-0.25, -0.2) is 0 Å². The zero-order chi connectivity index (χ0) is 40.8. The summed E-state index contributed by atoms with van der Waals surface area (Å²) in [5.41, 5.74) is -1.71. The zero-order valence-electron chi connectivity index (χ0n) is 34.4. The van der Waals surface area contributed by atoms with Crippen molar-refractivity contribution in [3.63, 3.8) is 0 Å². The molecular formula is C42H72O13. The topological polar surface area (TPSA) is 219 Å². The summed E-state index contributed by atoms with van der Waals surface area (Å²) in [5.74, 6) is -0.526. The summed E-state index contributed by atoms with van der Waals surface area (Å²) in [6.45, 7) is 17.8. The predicted molar refractivity (Wildman–Crippen MR) is 201 cm³/mol. The van der Waals surface area contributed by atoms with Crippen molar-refractivity contribution < 1.29 is 64.9 Å². The normalized spacial score (nSPS) is 53.4. The first kappa shape index (κ1) is 43.8. The monoisotopic (exact) mass is 784 g/mol. The number of aliphatic hydroxyl groups excluding tert-OH is 8. The van der Waals surface area contributed by atoms with Gasteiger partial charge in [0.05, 0.1) is 36.6 Å². The maximum absolute atomic E-state index is 12.3. The summed E-state index contributed by atoms with van der Waals surface area (Å²) in [6.07, 6.45) is -8.99. The molecule has 4 saturated carbocycles. The highest BCUT2D eigenvalue weighted by molar-refractivity contribution is 5.22. The molecule has 9 N–H and O–H groups in total. The first-order valence-corrected chi connectivity index (χ1v) is 20.8. The van der Waals surface area contributed by atoms with E-state index < -0.39 is 114 Å². The quantitative estimate of drug-likeness (QED) is 0.121. The van der Waals surface area contributed by atoms with Crippen LogP contribution in [0.15, 0.2) is 11.6 Å². The Labute approximate surface area is 327 Å². The fourth-order valence-electron chi connectivity index (χ4n) is 13.3. The van der Waals surface area contributed by atoms with E-state index >= 15 is 0 Å². The Kier molecular flexibility index (Phi) is 12.2. The molecule has 21 atom stereocenters. The minimum absolute atomic E-state index is 0.0411. The number of ether oxygens (including phenoxy) is 4. The van der Waals surface area contributed by atoms with Crippen LogP contribution in [0.4, 0.5) is 0 Å². The number of hydrogen-bond acceptors (Lipinski definition) is 13. The van der Waals surface area contributed by atoms with E-state index in [9.17, 15) is 46.0 Å². The Hall–Kier alpha value is -0.780. The summed E-state index contributed by atoms with van der Waals surface area (Å²) < 4.78 is 25.1. The SMILES string of the molecule is CC(C)=CCC[C@](C)(O)[C@H]1CC[C@]2(C)[C@@H]1[C@H](O)C[C@@H]1[C@@]3(C)CC[C@H](O)C(C)(C)[C@@H]3[C@@H](OC3OC(CO)C(O)C(O)C3OC3OC(C)C(O)C(O)C3O)C[C@]12C. The molecule has 2 aliphatic heterocycles. The molecule has 0 aromatic carbocycles. The molecular weight excluding hydrogens is 712 g/mol. The molecule has 0 amide bonds. The van der Waals surface area contributed by atoms with Crippen molar-refractivity contribution in [2.24, 2.45) is 45.3 Å². The van der Waals surface area contributed by atoms with Gasteiger partial charge in [-0.3, -0.25) is 0 Å². The first-order valence-electron chi connectivity index (χ1n) is 20.8. The van der Waals surface area contributed by atoms with Crippen LogP contribution < -0.4 is 0 Å². The molecule has 0 aromatic heterocycles. The largest absolute Gasteiger partial charge is 0.394 e. The predicted octanol–water partition coefficient (Wildman–Crippen LogP) is 2.15. The Balaban J connectivity index is 1.38. The highest BCUT2D eigenvalue weighted by Gasteiger charge is 2.73. The Morgan fingerprint density at radius 1 is 0.818 bits per heavy atom. The second-order valence-electron chi connectivity index (χ2n) is 20.3. The Morgan fingerprint density at radius 2 is 1.49 bits per heavy atom. The van der Waals surface area contributed by atoms with Crippen LogP contribution in [0.25, 0.3) is 0 Å². The summed E-state index contributed by atoms with van der Waals surface area (Å²) in [4.78, 5) is 0. The van der Waals surface area contributed by atoms with Crippen LogP contribution in [0.3, 0.4) is 0 Å². The van der Waals surface area contributed by atoms with Gasteiger partial charge in [0.2, 0.25) is 0 Å². The lowest BCUT2D eigenvalue weighted by atomic mass is 9.34. The van der Waals surface area contributed by atoms with Crippen LogP contribution in [0.5, 0.6) is 0 Å². The van der Waals surface area contributed by atoms with Crippen molar-refractivity contribution in [2.75, 3.05) is 6.61 Å². The van der Waals surface area contributed by atoms with Crippen molar-refractivity contribution in [3.8, 4) is 0 Å². The maximum atomic E-state index is 12.3. The van der Waals surface area contributed by atoms with Crippen LogP contribution in [-0.2, 0) is 18.9 Å². The van der Waals surface area contributed by atoms with Gasteiger partial charge in [0.1, 0.15) is 42.7 Å². The molecule has 2 saturated heterocycles. The molecule has 6 fully saturated rings. The number of allylic oxidation sites excluding steroid dienone is 2. The molecule has 13 heteroatoms. The van der Waals surface area contributed by atoms with Crippen LogP contribution >= 0.6 is 0 Å². The van der Waals surface area contributed by atoms with Crippen molar-refractivity contribution >= 4 is 0 Å². The van der Waals surface area contributed by atoms with Crippen LogP contribution in [0.1, 0.15) is 114 Å². The molecule has 13 nitrogen and oxygen atoms in total. The molecule has 0 spiro atoms. The Morgan fingerprint density at radius 3 is 2.13 bits per heavy atom. The fraction of sp³-hybridized carbons (Fsp3) is 0.952. The lowest BCUT2D eigenvalue weighted by molar-refractivity contribution is -0.382. The van der Waals surface area contributed by atoms with Gasteiger partial charge in [0.25, 0.3) is 0 Å². The minimum atomic E-state index is -1.70. The van der Waals surface area contributed by atoms with Gasteiger partial charge in [-0.05, 0) is 124 Å². The van der Waals surface area contributed by atoms with Crippen molar-refractivity contribution in [1.29, 1.82) is 0 Å². The smallest absolute Gasteiger partial charge is 0.187 e. The summed E-state index contributed by atoms with van der Waals surface area (Å²) in [6, 6.07) is 0. The molecule has 4 aliphatic carbocycles. The summed E-state index contributed by atoms with van der Waals surface area (Å²) >= 11 is 0. The fourth-order valence-corrected chi connectivity index (χ4v) is 13.3.